The maximum atomic E-state index is 2.53. The molecule has 0 saturated carbocycles. The fourth-order valence-electron chi connectivity index (χ4n) is 8.50. The van der Waals surface area contributed by atoms with Crippen LogP contribution in [-0.4, -0.2) is 9.13 Å². The Balaban J connectivity index is 1.46. The lowest BCUT2D eigenvalue weighted by atomic mass is 9.81. The molecule has 10 rings (SSSR count). The van der Waals surface area contributed by atoms with E-state index in [1.807, 2.05) is 0 Å². The summed E-state index contributed by atoms with van der Waals surface area (Å²) in [6.07, 6.45) is 0. The van der Waals surface area contributed by atoms with Crippen molar-refractivity contribution in [3.8, 4) is 33.6 Å². The smallest absolute Gasteiger partial charge is 0.0647 e. The molecule has 1 aliphatic carbocycles. The van der Waals surface area contributed by atoms with Crippen LogP contribution in [0.3, 0.4) is 0 Å². The van der Waals surface area contributed by atoms with Gasteiger partial charge in [-0.2, -0.15) is 0 Å². The lowest BCUT2D eigenvalue weighted by molar-refractivity contribution is 0.664. The largest absolute Gasteiger partial charge is 0.309 e. The van der Waals surface area contributed by atoms with Gasteiger partial charge in [0.25, 0.3) is 0 Å². The summed E-state index contributed by atoms with van der Waals surface area (Å²) in [5.74, 6) is 0. The Morgan fingerprint density at radius 1 is 0.426 bits per heavy atom. The molecule has 0 amide bonds. The average Bonchev–Trinajstić information content (AvgIpc) is 3.73. The quantitative estimate of drug-likeness (QED) is 0.191. The average molecular weight is 601 g/mol. The van der Waals surface area contributed by atoms with Crippen molar-refractivity contribution in [1.29, 1.82) is 0 Å². The molecule has 0 N–H and O–H groups in total. The Bertz CT molecular complexity index is 2670. The van der Waals surface area contributed by atoms with Gasteiger partial charge in [0.05, 0.1) is 22.1 Å². The van der Waals surface area contributed by atoms with Crippen LogP contribution in [0, 0.1) is 0 Å². The SMILES string of the molecule is CC1(C)c2ccccc2-c2c1c1c(c3ccccc3n1-c1ccccc1)c1c2c2ccccc2n1-c1ccc(-c2ccccc2)cc1. The summed E-state index contributed by atoms with van der Waals surface area (Å²) in [5.41, 5.74) is 15.1. The number of para-hydroxylation sites is 3. The zero-order valence-electron chi connectivity index (χ0n) is 26.4. The standard InChI is InChI=1S/C45H32N2/c1-45(2)36-22-12-9-19-33(36)39-40-34-20-10-13-23-37(34)46(32-27-25-30(26-28-32)29-15-5-3-6-16-29)43(40)41-35-21-11-14-24-38(35)47(44(41)42(39)45)31-17-7-4-8-18-31/h3-28H,1-2H3. The Kier molecular flexibility index (Phi) is 5.37. The predicted octanol–water partition coefficient (Wildman–Crippen LogP) is 11.9. The number of nitrogens with zero attached hydrogens (tertiary/aromatic N) is 2. The van der Waals surface area contributed by atoms with Crippen LogP contribution in [0.15, 0.2) is 158 Å². The van der Waals surface area contributed by atoms with Crippen molar-refractivity contribution in [1.82, 2.24) is 9.13 Å². The first-order chi connectivity index (χ1) is 23.1. The predicted molar refractivity (Wildman–Crippen MR) is 198 cm³/mol. The topological polar surface area (TPSA) is 9.86 Å². The van der Waals surface area contributed by atoms with Crippen molar-refractivity contribution in [2.75, 3.05) is 0 Å². The molecule has 2 aromatic heterocycles. The number of fused-ring (bicyclic) bond motifs is 12. The molecule has 2 heterocycles. The molecule has 2 heteroatoms. The number of hydrogen-bond donors (Lipinski definition) is 0. The maximum absolute atomic E-state index is 2.53. The highest BCUT2D eigenvalue weighted by atomic mass is 15.0. The number of aromatic nitrogens is 2. The lowest BCUT2D eigenvalue weighted by Crippen LogP contribution is -2.16. The fraction of sp³-hybridized carbons (Fsp3) is 0.0667. The molecule has 7 aromatic carbocycles. The summed E-state index contributed by atoms with van der Waals surface area (Å²) in [5, 5.41) is 5.21. The number of benzene rings is 7. The first-order valence-corrected chi connectivity index (χ1v) is 16.5. The minimum Gasteiger partial charge on any atom is -0.309 e. The van der Waals surface area contributed by atoms with E-state index in [1.165, 1.54) is 88.4 Å². The van der Waals surface area contributed by atoms with Gasteiger partial charge in [0.1, 0.15) is 0 Å². The summed E-state index contributed by atoms with van der Waals surface area (Å²) in [6.45, 7) is 4.83. The van der Waals surface area contributed by atoms with E-state index in [9.17, 15) is 0 Å². The number of hydrogen-bond acceptors (Lipinski definition) is 0. The van der Waals surface area contributed by atoms with Gasteiger partial charge in [-0.3, -0.25) is 0 Å². The van der Waals surface area contributed by atoms with Gasteiger partial charge < -0.3 is 9.13 Å². The van der Waals surface area contributed by atoms with Crippen molar-refractivity contribution in [2.24, 2.45) is 0 Å². The molecule has 0 atom stereocenters. The van der Waals surface area contributed by atoms with Crippen LogP contribution in [0.2, 0.25) is 0 Å². The van der Waals surface area contributed by atoms with Crippen molar-refractivity contribution in [2.45, 2.75) is 19.3 Å². The van der Waals surface area contributed by atoms with E-state index in [-0.39, 0.29) is 5.41 Å². The second-order valence-electron chi connectivity index (χ2n) is 13.3. The molecular formula is C45H32N2. The zero-order chi connectivity index (χ0) is 31.3. The molecule has 2 nitrogen and oxygen atoms in total. The highest BCUT2D eigenvalue weighted by molar-refractivity contribution is 6.32. The molecule has 0 fully saturated rings. The van der Waals surface area contributed by atoms with Gasteiger partial charge in [-0.25, -0.2) is 0 Å². The lowest BCUT2D eigenvalue weighted by Gasteiger charge is -2.24. The Morgan fingerprint density at radius 2 is 0.936 bits per heavy atom. The number of rotatable bonds is 3. The minimum atomic E-state index is -0.195. The normalized spacial score (nSPS) is 13.5. The van der Waals surface area contributed by atoms with Gasteiger partial charge in [0.2, 0.25) is 0 Å². The third kappa shape index (κ3) is 3.50. The van der Waals surface area contributed by atoms with E-state index in [1.54, 1.807) is 0 Å². The fourth-order valence-corrected chi connectivity index (χ4v) is 8.50. The van der Waals surface area contributed by atoms with Gasteiger partial charge in [0, 0.05) is 38.3 Å². The monoisotopic (exact) mass is 600 g/mol. The summed E-state index contributed by atoms with van der Waals surface area (Å²) in [4.78, 5) is 0. The molecule has 1 aliphatic rings. The second kappa shape index (κ2) is 9.57. The molecule has 0 unspecified atom stereocenters. The summed E-state index contributed by atoms with van der Waals surface area (Å²) in [6, 6.07) is 57.7. The third-order valence-electron chi connectivity index (χ3n) is 10.5. The van der Waals surface area contributed by atoms with Gasteiger partial charge >= 0.3 is 0 Å². The molecule has 0 spiro atoms. The molecule has 222 valence electrons. The van der Waals surface area contributed by atoms with Crippen LogP contribution in [0.1, 0.15) is 25.0 Å². The molecular weight excluding hydrogens is 569 g/mol. The Hall–Kier alpha value is -5.86. The van der Waals surface area contributed by atoms with E-state index in [0.29, 0.717) is 0 Å². The van der Waals surface area contributed by atoms with Crippen LogP contribution >= 0.6 is 0 Å². The summed E-state index contributed by atoms with van der Waals surface area (Å²) < 4.78 is 5.05. The van der Waals surface area contributed by atoms with E-state index in [2.05, 4.69) is 181 Å². The van der Waals surface area contributed by atoms with Crippen LogP contribution in [0.5, 0.6) is 0 Å². The molecule has 0 bridgehead atoms. The van der Waals surface area contributed by atoms with Crippen LogP contribution in [-0.2, 0) is 5.41 Å². The molecule has 9 aromatic rings. The highest BCUT2D eigenvalue weighted by Gasteiger charge is 2.41. The van der Waals surface area contributed by atoms with Crippen LogP contribution < -0.4 is 0 Å². The molecule has 47 heavy (non-hydrogen) atoms. The first-order valence-electron chi connectivity index (χ1n) is 16.5. The highest BCUT2D eigenvalue weighted by Crippen LogP contribution is 2.58. The van der Waals surface area contributed by atoms with Crippen LogP contribution in [0.4, 0.5) is 0 Å². The summed E-state index contributed by atoms with van der Waals surface area (Å²) >= 11 is 0. The molecule has 0 radical (unpaired) electrons. The summed E-state index contributed by atoms with van der Waals surface area (Å²) in [7, 11) is 0. The second-order valence-corrected chi connectivity index (χ2v) is 13.3. The Morgan fingerprint density at radius 3 is 1.64 bits per heavy atom. The molecule has 0 aliphatic heterocycles. The zero-order valence-corrected chi connectivity index (χ0v) is 26.4. The minimum absolute atomic E-state index is 0.195. The van der Waals surface area contributed by atoms with Gasteiger partial charge in [0.15, 0.2) is 0 Å². The van der Waals surface area contributed by atoms with E-state index < -0.39 is 0 Å². The van der Waals surface area contributed by atoms with Crippen molar-refractivity contribution in [3.63, 3.8) is 0 Å². The van der Waals surface area contributed by atoms with Crippen molar-refractivity contribution >= 4 is 43.6 Å². The van der Waals surface area contributed by atoms with Crippen LogP contribution in [0.25, 0.3) is 77.2 Å². The Labute approximate surface area is 273 Å². The van der Waals surface area contributed by atoms with Gasteiger partial charge in [-0.05, 0) is 69.8 Å². The first kappa shape index (κ1) is 26.4. The van der Waals surface area contributed by atoms with E-state index in [0.717, 1.165) is 0 Å². The van der Waals surface area contributed by atoms with Gasteiger partial charge in [-0.15, -0.1) is 0 Å². The van der Waals surface area contributed by atoms with Gasteiger partial charge in [-0.1, -0.05) is 135 Å². The third-order valence-corrected chi connectivity index (χ3v) is 10.5. The van der Waals surface area contributed by atoms with Crippen molar-refractivity contribution in [3.05, 3.63) is 169 Å². The van der Waals surface area contributed by atoms with E-state index >= 15 is 0 Å². The van der Waals surface area contributed by atoms with E-state index in [4.69, 9.17) is 0 Å². The van der Waals surface area contributed by atoms with Crippen molar-refractivity contribution < 1.29 is 0 Å². The molecule has 0 saturated heterocycles. The maximum Gasteiger partial charge on any atom is 0.0647 e.